The fourth-order valence-corrected chi connectivity index (χ4v) is 2.22. The lowest BCUT2D eigenvalue weighted by atomic mass is 10.2. The topological polar surface area (TPSA) is 59.6 Å². The van der Waals surface area contributed by atoms with E-state index >= 15 is 0 Å². The fourth-order valence-electron chi connectivity index (χ4n) is 2.04. The normalized spacial score (nSPS) is 11.0. The Kier molecular flexibility index (Phi) is 6.57. The predicted octanol–water partition coefficient (Wildman–Crippen LogP) is 4.34. The van der Waals surface area contributed by atoms with Crippen molar-refractivity contribution in [2.24, 2.45) is 0 Å². The monoisotopic (exact) mass is 388 g/mol. The summed E-state index contributed by atoms with van der Waals surface area (Å²) >= 11 is 5.86. The van der Waals surface area contributed by atoms with Crippen LogP contribution in [0.2, 0.25) is 5.02 Å². The molecule has 1 amide bonds. The van der Waals surface area contributed by atoms with E-state index in [-0.39, 0.29) is 23.0 Å². The first-order chi connectivity index (χ1) is 12.3. The summed E-state index contributed by atoms with van der Waals surface area (Å²) < 4.78 is 46.9. The van der Waals surface area contributed by atoms with Gasteiger partial charge in [-0.25, -0.2) is 0 Å². The number of amides is 1. The Labute approximate surface area is 153 Å². The summed E-state index contributed by atoms with van der Waals surface area (Å²) in [4.78, 5) is 12.1. The molecule has 0 saturated carbocycles. The molecule has 0 unspecified atom stereocenters. The van der Waals surface area contributed by atoms with Crippen molar-refractivity contribution in [3.63, 3.8) is 0 Å². The Morgan fingerprint density at radius 2 is 1.85 bits per heavy atom. The Morgan fingerprint density at radius 1 is 1.12 bits per heavy atom. The number of anilines is 2. The third-order valence-electron chi connectivity index (χ3n) is 3.15. The number of methoxy groups -OCH3 is 1. The van der Waals surface area contributed by atoms with Gasteiger partial charge in [0, 0.05) is 5.02 Å². The molecule has 9 heteroatoms. The van der Waals surface area contributed by atoms with Crippen LogP contribution in [0.15, 0.2) is 42.5 Å². The molecule has 0 fully saturated rings. The summed E-state index contributed by atoms with van der Waals surface area (Å²) in [6.07, 6.45) is -4.47. The van der Waals surface area contributed by atoms with E-state index in [1.165, 1.54) is 25.3 Å². The van der Waals surface area contributed by atoms with E-state index in [1.807, 2.05) is 0 Å². The third-order valence-corrected chi connectivity index (χ3v) is 3.39. The number of carbonyl (C=O) groups is 1. The van der Waals surface area contributed by atoms with Crippen LogP contribution in [0, 0.1) is 0 Å². The van der Waals surface area contributed by atoms with Crippen molar-refractivity contribution in [3.8, 4) is 11.5 Å². The van der Waals surface area contributed by atoms with Gasteiger partial charge in [0.15, 0.2) is 6.61 Å². The van der Waals surface area contributed by atoms with Gasteiger partial charge in [0.05, 0.1) is 25.0 Å². The molecule has 2 aromatic carbocycles. The van der Waals surface area contributed by atoms with Crippen LogP contribution in [0.5, 0.6) is 11.5 Å². The van der Waals surface area contributed by atoms with Gasteiger partial charge in [-0.2, -0.15) is 13.2 Å². The van der Waals surface area contributed by atoms with Gasteiger partial charge in [-0.1, -0.05) is 23.7 Å². The van der Waals surface area contributed by atoms with Crippen LogP contribution in [0.4, 0.5) is 24.5 Å². The molecule has 26 heavy (non-hydrogen) atoms. The highest BCUT2D eigenvalue weighted by Gasteiger charge is 2.28. The van der Waals surface area contributed by atoms with E-state index < -0.39 is 18.7 Å². The summed E-state index contributed by atoms with van der Waals surface area (Å²) in [5.41, 5.74) is 0.651. The molecule has 0 aliphatic carbocycles. The van der Waals surface area contributed by atoms with Crippen LogP contribution in [0.25, 0.3) is 0 Å². The molecule has 2 N–H and O–H groups in total. The van der Waals surface area contributed by atoms with E-state index in [1.54, 1.807) is 24.3 Å². The third kappa shape index (κ3) is 6.03. The average molecular weight is 389 g/mol. The molecule has 0 radical (unpaired) electrons. The standard InChI is InChI=1S/C17H16ClF3N2O3/c1-25-14-5-3-2-4-12(14)23-16(24)9-22-13-8-11(18)6-7-15(13)26-10-17(19,20)21/h2-8,22H,9-10H2,1H3,(H,23,24). The van der Waals surface area contributed by atoms with Crippen molar-refractivity contribution >= 4 is 28.9 Å². The fraction of sp³-hybridized carbons (Fsp3) is 0.235. The maximum Gasteiger partial charge on any atom is 0.422 e. The minimum atomic E-state index is -4.47. The van der Waals surface area contributed by atoms with Gasteiger partial charge < -0.3 is 20.1 Å². The van der Waals surface area contributed by atoms with E-state index in [0.29, 0.717) is 11.4 Å². The molecule has 2 rings (SSSR count). The second kappa shape index (κ2) is 8.66. The smallest absolute Gasteiger partial charge is 0.422 e. The molecule has 0 atom stereocenters. The van der Waals surface area contributed by atoms with Crippen LogP contribution in [-0.2, 0) is 4.79 Å². The number of alkyl halides is 3. The van der Waals surface area contributed by atoms with Gasteiger partial charge in [-0.05, 0) is 30.3 Å². The molecule has 0 aliphatic heterocycles. The van der Waals surface area contributed by atoms with Crippen molar-refractivity contribution in [2.45, 2.75) is 6.18 Å². The highest BCUT2D eigenvalue weighted by Crippen LogP contribution is 2.29. The van der Waals surface area contributed by atoms with Crippen molar-refractivity contribution in [2.75, 3.05) is 30.9 Å². The molecule has 0 saturated heterocycles. The molecular formula is C17H16ClF3N2O3. The zero-order valence-electron chi connectivity index (χ0n) is 13.7. The second-order valence-electron chi connectivity index (χ2n) is 5.15. The van der Waals surface area contributed by atoms with Gasteiger partial charge >= 0.3 is 6.18 Å². The lowest BCUT2D eigenvalue weighted by Crippen LogP contribution is -2.23. The van der Waals surface area contributed by atoms with Crippen LogP contribution in [0.3, 0.4) is 0 Å². The Hall–Kier alpha value is -2.61. The van der Waals surface area contributed by atoms with Crippen molar-refractivity contribution in [1.29, 1.82) is 0 Å². The number of hydrogen-bond acceptors (Lipinski definition) is 4. The van der Waals surface area contributed by atoms with Gasteiger partial charge in [-0.15, -0.1) is 0 Å². The summed E-state index contributed by atoms with van der Waals surface area (Å²) in [6.45, 7) is -1.66. The van der Waals surface area contributed by atoms with Gasteiger partial charge in [0.25, 0.3) is 0 Å². The number of hydrogen-bond donors (Lipinski definition) is 2. The first kappa shape index (κ1) is 19.7. The Bertz CT molecular complexity index is 769. The molecule has 0 aromatic heterocycles. The quantitative estimate of drug-likeness (QED) is 0.740. The summed E-state index contributed by atoms with van der Waals surface area (Å²) in [5, 5.41) is 5.65. The number of nitrogens with one attached hydrogen (secondary N) is 2. The first-order valence-electron chi connectivity index (χ1n) is 7.44. The molecule has 0 heterocycles. The number of carbonyl (C=O) groups excluding carboxylic acids is 1. The van der Waals surface area contributed by atoms with Crippen LogP contribution in [-0.4, -0.2) is 32.3 Å². The molecule has 2 aromatic rings. The number of ether oxygens (including phenoxy) is 2. The minimum Gasteiger partial charge on any atom is -0.495 e. The second-order valence-corrected chi connectivity index (χ2v) is 5.58. The maximum absolute atomic E-state index is 12.3. The van der Waals surface area contributed by atoms with Crippen LogP contribution in [0.1, 0.15) is 0 Å². The number of rotatable bonds is 7. The SMILES string of the molecule is COc1ccccc1NC(=O)CNc1cc(Cl)ccc1OCC(F)(F)F. The molecule has 140 valence electrons. The van der Waals surface area contributed by atoms with Gasteiger partial charge in [0.1, 0.15) is 11.5 Å². The van der Waals surface area contributed by atoms with Crippen LogP contribution < -0.4 is 20.1 Å². The van der Waals surface area contributed by atoms with Crippen molar-refractivity contribution in [3.05, 3.63) is 47.5 Å². The average Bonchev–Trinajstić information content (AvgIpc) is 2.59. The number of para-hydroxylation sites is 2. The zero-order valence-corrected chi connectivity index (χ0v) is 14.4. The molecule has 0 aliphatic rings. The highest BCUT2D eigenvalue weighted by molar-refractivity contribution is 6.30. The summed E-state index contributed by atoms with van der Waals surface area (Å²) in [6, 6.07) is 10.9. The Morgan fingerprint density at radius 3 is 2.54 bits per heavy atom. The molecule has 0 bridgehead atoms. The maximum atomic E-state index is 12.3. The zero-order chi connectivity index (χ0) is 19.2. The largest absolute Gasteiger partial charge is 0.495 e. The lowest BCUT2D eigenvalue weighted by Gasteiger charge is -2.15. The number of benzene rings is 2. The first-order valence-corrected chi connectivity index (χ1v) is 7.82. The Balaban J connectivity index is 2.01. The van der Waals surface area contributed by atoms with Gasteiger partial charge in [-0.3, -0.25) is 4.79 Å². The highest BCUT2D eigenvalue weighted by atomic mass is 35.5. The lowest BCUT2D eigenvalue weighted by molar-refractivity contribution is -0.153. The summed E-state index contributed by atoms with van der Waals surface area (Å²) in [7, 11) is 1.47. The molecule has 5 nitrogen and oxygen atoms in total. The molecular weight excluding hydrogens is 373 g/mol. The van der Waals surface area contributed by atoms with E-state index in [9.17, 15) is 18.0 Å². The summed E-state index contributed by atoms with van der Waals surface area (Å²) in [5.74, 6) is 0.00543. The predicted molar refractivity (Wildman–Crippen MR) is 93.1 cm³/mol. The molecule has 0 spiro atoms. The van der Waals surface area contributed by atoms with E-state index in [0.717, 1.165) is 0 Å². The van der Waals surface area contributed by atoms with E-state index in [2.05, 4.69) is 10.6 Å². The number of halogens is 4. The van der Waals surface area contributed by atoms with Crippen molar-refractivity contribution in [1.82, 2.24) is 0 Å². The minimum absolute atomic E-state index is 0.0585. The van der Waals surface area contributed by atoms with Gasteiger partial charge in [0.2, 0.25) is 5.91 Å². The van der Waals surface area contributed by atoms with E-state index in [4.69, 9.17) is 21.1 Å². The van der Waals surface area contributed by atoms with Crippen LogP contribution >= 0.6 is 11.6 Å². The van der Waals surface area contributed by atoms with Crippen molar-refractivity contribution < 1.29 is 27.4 Å².